The molecule has 0 bridgehead atoms. The number of phenols is 1. The van der Waals surface area contributed by atoms with E-state index in [1.165, 1.54) is 41.3 Å². The zero-order valence-electron chi connectivity index (χ0n) is 17.0. The molecule has 1 fully saturated rings. The van der Waals surface area contributed by atoms with E-state index in [0.29, 0.717) is 11.1 Å². The van der Waals surface area contributed by atoms with Crippen LogP contribution in [-0.4, -0.2) is 33.0 Å². The summed E-state index contributed by atoms with van der Waals surface area (Å²) in [5, 5.41) is 30.2. The SMILES string of the molecule is Cc1ccc(/C(O)=C2\C(=O)C(=O)N(c3ccc(C(=O)O)cc3)C2c2cccc(O)c2)cc1. The van der Waals surface area contributed by atoms with Gasteiger partial charge < -0.3 is 15.3 Å². The highest BCUT2D eigenvalue weighted by atomic mass is 16.4. The van der Waals surface area contributed by atoms with Crippen molar-refractivity contribution in [3.05, 3.63) is 101 Å². The van der Waals surface area contributed by atoms with Gasteiger partial charge in [0.05, 0.1) is 17.2 Å². The third-order valence-electron chi connectivity index (χ3n) is 5.35. The molecular formula is C25H19NO6. The number of Topliss-reactive ketones (excluding diaryl/α,β-unsaturated/α-hetero) is 1. The molecular weight excluding hydrogens is 410 g/mol. The summed E-state index contributed by atoms with van der Waals surface area (Å²) in [7, 11) is 0. The van der Waals surface area contributed by atoms with E-state index in [1.54, 1.807) is 36.4 Å². The Hall–Kier alpha value is -4.39. The second kappa shape index (κ2) is 8.03. The van der Waals surface area contributed by atoms with Crippen LogP contribution in [0.2, 0.25) is 0 Å². The number of rotatable bonds is 4. The summed E-state index contributed by atoms with van der Waals surface area (Å²) < 4.78 is 0. The lowest BCUT2D eigenvalue weighted by molar-refractivity contribution is -0.132. The molecule has 1 atom stereocenters. The monoisotopic (exact) mass is 429 g/mol. The Balaban J connectivity index is 1.92. The molecule has 0 aliphatic carbocycles. The molecule has 1 saturated heterocycles. The highest BCUT2D eigenvalue weighted by Crippen LogP contribution is 2.42. The summed E-state index contributed by atoms with van der Waals surface area (Å²) in [4.78, 5) is 38.5. The summed E-state index contributed by atoms with van der Waals surface area (Å²) in [6.45, 7) is 1.89. The molecule has 1 aliphatic heterocycles. The molecule has 32 heavy (non-hydrogen) atoms. The molecule has 3 aromatic carbocycles. The van der Waals surface area contributed by atoms with Gasteiger partial charge in [0, 0.05) is 11.3 Å². The summed E-state index contributed by atoms with van der Waals surface area (Å²) in [6.07, 6.45) is 0. The fourth-order valence-corrected chi connectivity index (χ4v) is 3.74. The van der Waals surface area contributed by atoms with Crippen molar-refractivity contribution < 1.29 is 29.7 Å². The number of aliphatic hydroxyl groups excluding tert-OH is 1. The Labute approximate surface area is 183 Å². The number of amides is 1. The van der Waals surface area contributed by atoms with Gasteiger partial charge in [0.25, 0.3) is 11.7 Å². The number of hydrogen-bond acceptors (Lipinski definition) is 5. The van der Waals surface area contributed by atoms with Gasteiger partial charge in [-0.05, 0) is 48.9 Å². The molecule has 0 saturated carbocycles. The minimum absolute atomic E-state index is 0.0268. The van der Waals surface area contributed by atoms with Crippen molar-refractivity contribution in [3.8, 4) is 5.75 Å². The number of aryl methyl sites for hydroxylation is 1. The second-order valence-corrected chi connectivity index (χ2v) is 7.48. The molecule has 3 aromatic rings. The fraction of sp³-hybridized carbons (Fsp3) is 0.0800. The third kappa shape index (κ3) is 3.60. The Morgan fingerprint density at radius 1 is 0.875 bits per heavy atom. The lowest BCUT2D eigenvalue weighted by Gasteiger charge is -2.25. The molecule has 7 heteroatoms. The van der Waals surface area contributed by atoms with Gasteiger partial charge >= 0.3 is 5.97 Å². The van der Waals surface area contributed by atoms with Gasteiger partial charge in [-0.25, -0.2) is 4.79 Å². The normalized spacial score (nSPS) is 17.5. The number of hydrogen-bond donors (Lipinski definition) is 3. The third-order valence-corrected chi connectivity index (χ3v) is 5.35. The lowest BCUT2D eigenvalue weighted by atomic mass is 9.94. The molecule has 1 aliphatic rings. The highest BCUT2D eigenvalue weighted by Gasteiger charge is 2.47. The summed E-state index contributed by atoms with van der Waals surface area (Å²) in [5.74, 6) is -3.26. The second-order valence-electron chi connectivity index (χ2n) is 7.48. The molecule has 1 unspecified atom stereocenters. The summed E-state index contributed by atoms with van der Waals surface area (Å²) in [5.41, 5.74) is 1.95. The van der Waals surface area contributed by atoms with E-state index in [0.717, 1.165) is 5.56 Å². The first kappa shape index (κ1) is 20.9. The van der Waals surface area contributed by atoms with Gasteiger partial charge in [0.1, 0.15) is 11.5 Å². The average Bonchev–Trinajstić information content (AvgIpc) is 3.04. The van der Waals surface area contributed by atoms with E-state index in [-0.39, 0.29) is 28.3 Å². The van der Waals surface area contributed by atoms with Gasteiger partial charge in [-0.1, -0.05) is 42.0 Å². The average molecular weight is 429 g/mol. The lowest BCUT2D eigenvalue weighted by Crippen LogP contribution is -2.29. The van der Waals surface area contributed by atoms with Crippen LogP contribution in [0.5, 0.6) is 5.75 Å². The smallest absolute Gasteiger partial charge is 0.335 e. The molecule has 1 heterocycles. The number of nitrogens with zero attached hydrogens (tertiary/aromatic N) is 1. The number of benzene rings is 3. The first-order chi connectivity index (χ1) is 15.3. The van der Waals surface area contributed by atoms with Crippen molar-refractivity contribution >= 4 is 29.1 Å². The van der Waals surface area contributed by atoms with Crippen molar-refractivity contribution in [2.45, 2.75) is 13.0 Å². The predicted octanol–water partition coefficient (Wildman–Crippen LogP) is 4.03. The maximum Gasteiger partial charge on any atom is 0.335 e. The van der Waals surface area contributed by atoms with Gasteiger partial charge in [0.2, 0.25) is 0 Å². The van der Waals surface area contributed by atoms with Crippen LogP contribution in [0.25, 0.3) is 5.76 Å². The van der Waals surface area contributed by atoms with E-state index in [2.05, 4.69) is 0 Å². The van der Waals surface area contributed by atoms with Crippen LogP contribution in [0, 0.1) is 6.92 Å². The van der Waals surface area contributed by atoms with Gasteiger partial charge in [-0.2, -0.15) is 0 Å². The van der Waals surface area contributed by atoms with E-state index in [1.807, 2.05) is 6.92 Å². The fourth-order valence-electron chi connectivity index (χ4n) is 3.74. The van der Waals surface area contributed by atoms with Crippen LogP contribution in [-0.2, 0) is 9.59 Å². The molecule has 7 nitrogen and oxygen atoms in total. The van der Waals surface area contributed by atoms with Crippen LogP contribution in [0.4, 0.5) is 5.69 Å². The standard InChI is InChI=1S/C25H19NO6/c1-14-5-7-15(8-6-14)22(28)20-21(17-3-2-4-19(27)13-17)26(24(30)23(20)29)18-11-9-16(10-12-18)25(31)32/h2-13,21,27-28H,1H3,(H,31,32)/b22-20+. The molecule has 1 amide bonds. The van der Waals surface area contributed by atoms with Gasteiger partial charge in [-0.15, -0.1) is 0 Å². The Morgan fingerprint density at radius 3 is 2.09 bits per heavy atom. The number of carbonyl (C=O) groups excluding carboxylic acids is 2. The Bertz CT molecular complexity index is 1260. The molecule has 0 radical (unpaired) electrons. The number of carbonyl (C=O) groups is 3. The van der Waals surface area contributed by atoms with Crippen molar-refractivity contribution in [3.63, 3.8) is 0 Å². The molecule has 160 valence electrons. The predicted molar refractivity (Wildman–Crippen MR) is 117 cm³/mol. The number of ketones is 1. The number of carboxylic acid groups (broad SMARTS) is 1. The summed E-state index contributed by atoms with van der Waals surface area (Å²) >= 11 is 0. The number of aromatic carboxylic acids is 1. The summed E-state index contributed by atoms with van der Waals surface area (Å²) in [6, 6.07) is 17.4. The van der Waals surface area contributed by atoms with Crippen molar-refractivity contribution in [2.24, 2.45) is 0 Å². The largest absolute Gasteiger partial charge is 0.508 e. The van der Waals surface area contributed by atoms with Crippen LogP contribution in [0.1, 0.15) is 33.1 Å². The van der Waals surface area contributed by atoms with E-state index < -0.39 is 23.7 Å². The molecule has 3 N–H and O–H groups in total. The van der Waals surface area contributed by atoms with Crippen LogP contribution < -0.4 is 4.90 Å². The number of phenolic OH excluding ortho intramolecular Hbond substituents is 1. The number of anilines is 1. The molecule has 4 rings (SSSR count). The minimum Gasteiger partial charge on any atom is -0.508 e. The maximum absolute atomic E-state index is 13.0. The van der Waals surface area contributed by atoms with Crippen molar-refractivity contribution in [1.29, 1.82) is 0 Å². The Kier molecular flexibility index (Phi) is 5.24. The van der Waals surface area contributed by atoms with Crippen molar-refractivity contribution in [2.75, 3.05) is 4.90 Å². The quantitative estimate of drug-likeness (QED) is 0.328. The maximum atomic E-state index is 13.0. The zero-order chi connectivity index (χ0) is 23.0. The minimum atomic E-state index is -1.12. The number of aliphatic hydroxyl groups is 1. The van der Waals surface area contributed by atoms with E-state index in [9.17, 15) is 24.6 Å². The zero-order valence-corrected chi connectivity index (χ0v) is 17.0. The highest BCUT2D eigenvalue weighted by molar-refractivity contribution is 6.51. The van der Waals surface area contributed by atoms with E-state index >= 15 is 0 Å². The van der Waals surface area contributed by atoms with E-state index in [4.69, 9.17) is 5.11 Å². The first-order valence-corrected chi connectivity index (χ1v) is 9.78. The molecule has 0 spiro atoms. The number of carboxylic acids is 1. The first-order valence-electron chi connectivity index (χ1n) is 9.78. The van der Waals surface area contributed by atoms with Crippen molar-refractivity contribution in [1.82, 2.24) is 0 Å². The van der Waals surface area contributed by atoms with Crippen LogP contribution in [0.15, 0.2) is 78.4 Å². The molecule has 0 aromatic heterocycles. The number of aromatic hydroxyl groups is 1. The van der Waals surface area contributed by atoms with Gasteiger partial charge in [-0.3, -0.25) is 14.5 Å². The van der Waals surface area contributed by atoms with Crippen LogP contribution >= 0.6 is 0 Å². The topological polar surface area (TPSA) is 115 Å². The Morgan fingerprint density at radius 2 is 1.50 bits per heavy atom. The van der Waals surface area contributed by atoms with Gasteiger partial charge in [0.15, 0.2) is 0 Å². The van der Waals surface area contributed by atoms with Crippen LogP contribution in [0.3, 0.4) is 0 Å².